The van der Waals surface area contributed by atoms with Gasteiger partial charge in [0, 0.05) is 6.92 Å². The number of carboxylic acid groups (broad SMARTS) is 1. The second-order valence-electron chi connectivity index (χ2n) is 4.13. The number of benzene rings is 1. The molecule has 106 valence electrons. The first-order valence-electron chi connectivity index (χ1n) is 6.30. The fourth-order valence-corrected chi connectivity index (χ4v) is 1.73. The van der Waals surface area contributed by atoms with Crippen LogP contribution in [0, 0.1) is 13.8 Å². The molecule has 0 radical (unpaired) electrons. The standard InChI is InChI=1S/C13H18O2.C2H4O2/c1-5-11-10(4)9(3)7-8-12(11)13(14)15-6-2;1-2(3)4/h7-8H,5-6H2,1-4H3;1H3,(H,3,4). The largest absolute Gasteiger partial charge is 0.481 e. The molecule has 0 heterocycles. The number of carboxylic acids is 1. The molecule has 0 aliphatic heterocycles. The van der Waals surface area contributed by atoms with Gasteiger partial charge in [-0.2, -0.15) is 0 Å². The molecule has 1 rings (SSSR count). The van der Waals surface area contributed by atoms with E-state index in [0.717, 1.165) is 18.9 Å². The molecule has 4 nitrogen and oxygen atoms in total. The predicted molar refractivity (Wildman–Crippen MR) is 74.6 cm³/mol. The van der Waals surface area contributed by atoms with E-state index < -0.39 is 5.97 Å². The summed E-state index contributed by atoms with van der Waals surface area (Å²) in [6.07, 6.45) is 0.863. The van der Waals surface area contributed by atoms with Crippen LogP contribution < -0.4 is 0 Å². The highest BCUT2D eigenvalue weighted by Gasteiger charge is 2.13. The fourth-order valence-electron chi connectivity index (χ4n) is 1.73. The zero-order chi connectivity index (χ0) is 15.0. The summed E-state index contributed by atoms with van der Waals surface area (Å²) in [5.41, 5.74) is 4.24. The van der Waals surface area contributed by atoms with Gasteiger partial charge in [-0.25, -0.2) is 4.79 Å². The van der Waals surface area contributed by atoms with Crippen LogP contribution in [-0.2, 0) is 16.0 Å². The second-order valence-corrected chi connectivity index (χ2v) is 4.13. The van der Waals surface area contributed by atoms with E-state index in [4.69, 9.17) is 14.6 Å². The van der Waals surface area contributed by atoms with Gasteiger partial charge in [-0.15, -0.1) is 0 Å². The van der Waals surface area contributed by atoms with Crippen LogP contribution in [0.3, 0.4) is 0 Å². The van der Waals surface area contributed by atoms with Gasteiger partial charge < -0.3 is 9.84 Å². The van der Waals surface area contributed by atoms with E-state index in [0.29, 0.717) is 12.2 Å². The monoisotopic (exact) mass is 266 g/mol. The lowest BCUT2D eigenvalue weighted by molar-refractivity contribution is -0.134. The zero-order valence-corrected chi connectivity index (χ0v) is 12.2. The molecular weight excluding hydrogens is 244 g/mol. The van der Waals surface area contributed by atoms with Crippen molar-refractivity contribution >= 4 is 11.9 Å². The summed E-state index contributed by atoms with van der Waals surface area (Å²) < 4.78 is 5.03. The number of aliphatic carboxylic acids is 1. The number of esters is 1. The van der Waals surface area contributed by atoms with Crippen molar-refractivity contribution in [3.8, 4) is 0 Å². The smallest absolute Gasteiger partial charge is 0.338 e. The highest BCUT2D eigenvalue weighted by molar-refractivity contribution is 5.91. The Morgan fingerprint density at radius 3 is 2.16 bits per heavy atom. The molecule has 0 spiro atoms. The van der Waals surface area contributed by atoms with Gasteiger partial charge in [-0.3, -0.25) is 4.79 Å². The van der Waals surface area contributed by atoms with Gasteiger partial charge >= 0.3 is 5.97 Å². The van der Waals surface area contributed by atoms with Crippen molar-refractivity contribution in [2.24, 2.45) is 0 Å². The molecule has 0 atom stereocenters. The lowest BCUT2D eigenvalue weighted by Crippen LogP contribution is -2.09. The molecule has 0 saturated carbocycles. The number of hydrogen-bond acceptors (Lipinski definition) is 3. The molecule has 1 aromatic rings. The van der Waals surface area contributed by atoms with Gasteiger partial charge in [0.2, 0.25) is 0 Å². The third-order valence-electron chi connectivity index (χ3n) is 2.72. The molecule has 0 unspecified atom stereocenters. The molecule has 0 aromatic heterocycles. The maximum atomic E-state index is 11.7. The molecule has 0 aliphatic carbocycles. The Morgan fingerprint density at radius 2 is 1.74 bits per heavy atom. The minimum Gasteiger partial charge on any atom is -0.481 e. The van der Waals surface area contributed by atoms with E-state index >= 15 is 0 Å². The van der Waals surface area contributed by atoms with Crippen LogP contribution in [0.5, 0.6) is 0 Å². The highest BCUT2D eigenvalue weighted by atomic mass is 16.5. The first kappa shape index (κ1) is 17.2. The molecule has 1 N–H and O–H groups in total. The highest BCUT2D eigenvalue weighted by Crippen LogP contribution is 2.19. The van der Waals surface area contributed by atoms with E-state index in [1.165, 1.54) is 11.1 Å². The van der Waals surface area contributed by atoms with Crippen LogP contribution in [0.2, 0.25) is 0 Å². The summed E-state index contributed by atoms with van der Waals surface area (Å²) in [4.78, 5) is 20.7. The Balaban J connectivity index is 0.000000711. The van der Waals surface area contributed by atoms with Crippen molar-refractivity contribution in [1.29, 1.82) is 0 Å². The van der Waals surface area contributed by atoms with Crippen molar-refractivity contribution < 1.29 is 19.4 Å². The summed E-state index contributed by atoms with van der Waals surface area (Å²) in [7, 11) is 0. The van der Waals surface area contributed by atoms with Gasteiger partial charge in [0.1, 0.15) is 0 Å². The van der Waals surface area contributed by atoms with Crippen LogP contribution >= 0.6 is 0 Å². The van der Waals surface area contributed by atoms with E-state index in [2.05, 4.69) is 20.8 Å². The summed E-state index contributed by atoms with van der Waals surface area (Å²) in [5, 5.41) is 7.42. The normalized spacial score (nSPS) is 9.32. The topological polar surface area (TPSA) is 63.6 Å². The van der Waals surface area contributed by atoms with Gasteiger partial charge in [-0.1, -0.05) is 13.0 Å². The van der Waals surface area contributed by atoms with E-state index in [1.54, 1.807) is 0 Å². The van der Waals surface area contributed by atoms with Gasteiger partial charge in [-0.05, 0) is 49.9 Å². The van der Waals surface area contributed by atoms with Gasteiger partial charge in [0.05, 0.1) is 12.2 Å². The van der Waals surface area contributed by atoms with Gasteiger partial charge in [0.25, 0.3) is 5.97 Å². The summed E-state index contributed by atoms with van der Waals surface area (Å²) in [6, 6.07) is 3.83. The lowest BCUT2D eigenvalue weighted by Gasteiger charge is -2.12. The van der Waals surface area contributed by atoms with Crippen molar-refractivity contribution in [2.45, 2.75) is 41.0 Å². The van der Waals surface area contributed by atoms with Crippen molar-refractivity contribution in [1.82, 2.24) is 0 Å². The maximum Gasteiger partial charge on any atom is 0.338 e. The van der Waals surface area contributed by atoms with Crippen LogP contribution in [0.25, 0.3) is 0 Å². The Bertz CT molecular complexity index is 446. The molecule has 0 saturated heterocycles. The molecule has 4 heteroatoms. The quantitative estimate of drug-likeness (QED) is 0.854. The number of ether oxygens (including phenoxy) is 1. The summed E-state index contributed by atoms with van der Waals surface area (Å²) in [5.74, 6) is -1.04. The molecule has 19 heavy (non-hydrogen) atoms. The average molecular weight is 266 g/mol. The predicted octanol–water partition coefficient (Wildman–Crippen LogP) is 3.13. The molecule has 0 bridgehead atoms. The maximum absolute atomic E-state index is 11.7. The number of carbonyl (C=O) groups excluding carboxylic acids is 1. The molecule has 0 aliphatic rings. The first-order chi connectivity index (χ1) is 8.84. The minimum absolute atomic E-state index is 0.211. The molecular formula is C15H22O4. The van der Waals surface area contributed by atoms with E-state index in [-0.39, 0.29) is 5.97 Å². The number of rotatable bonds is 3. The van der Waals surface area contributed by atoms with Crippen molar-refractivity contribution in [2.75, 3.05) is 6.61 Å². The minimum atomic E-state index is -0.833. The van der Waals surface area contributed by atoms with Gasteiger partial charge in [0.15, 0.2) is 0 Å². The average Bonchev–Trinajstić information content (AvgIpc) is 2.32. The molecule has 0 amide bonds. The first-order valence-corrected chi connectivity index (χ1v) is 6.30. The molecule has 1 aromatic carbocycles. The van der Waals surface area contributed by atoms with E-state index in [1.807, 2.05) is 19.1 Å². The lowest BCUT2D eigenvalue weighted by atomic mass is 9.96. The summed E-state index contributed by atoms with van der Waals surface area (Å²) in [6.45, 7) is 9.50. The summed E-state index contributed by atoms with van der Waals surface area (Å²) >= 11 is 0. The van der Waals surface area contributed by atoms with E-state index in [9.17, 15) is 4.79 Å². The van der Waals surface area contributed by atoms with Crippen LogP contribution in [-0.4, -0.2) is 23.7 Å². The fraction of sp³-hybridized carbons (Fsp3) is 0.467. The van der Waals surface area contributed by atoms with Crippen molar-refractivity contribution in [3.63, 3.8) is 0 Å². The Labute approximate surface area is 114 Å². The van der Waals surface area contributed by atoms with Crippen LogP contribution in [0.4, 0.5) is 0 Å². The van der Waals surface area contributed by atoms with Crippen LogP contribution in [0.15, 0.2) is 12.1 Å². The SMILES string of the molecule is CC(=O)O.CCOC(=O)c1ccc(C)c(C)c1CC. The number of hydrogen-bond donors (Lipinski definition) is 1. The third kappa shape index (κ3) is 5.55. The number of aryl methyl sites for hydroxylation is 1. The Kier molecular flexibility index (Phi) is 7.49. The van der Waals surface area contributed by atoms with Crippen molar-refractivity contribution in [3.05, 3.63) is 34.4 Å². The Hall–Kier alpha value is -1.84. The zero-order valence-electron chi connectivity index (χ0n) is 12.2. The second kappa shape index (κ2) is 8.29. The third-order valence-corrected chi connectivity index (χ3v) is 2.72. The molecule has 0 fully saturated rings. The number of carbonyl (C=O) groups is 2. The Morgan fingerprint density at radius 1 is 1.21 bits per heavy atom. The van der Waals surface area contributed by atoms with Crippen LogP contribution in [0.1, 0.15) is 47.8 Å².